The van der Waals surface area contributed by atoms with Gasteiger partial charge in [0.1, 0.15) is 17.8 Å². The highest BCUT2D eigenvalue weighted by Gasteiger charge is 2.10. The van der Waals surface area contributed by atoms with Gasteiger partial charge in [-0.25, -0.2) is 9.97 Å². The van der Waals surface area contributed by atoms with Gasteiger partial charge in [-0.2, -0.15) is 0 Å². The van der Waals surface area contributed by atoms with Gasteiger partial charge in [0.05, 0.1) is 17.6 Å². The lowest BCUT2D eigenvalue weighted by Crippen LogP contribution is -2.08. The average Bonchev–Trinajstić information content (AvgIpc) is 2.94. The van der Waals surface area contributed by atoms with Crippen LogP contribution in [0.3, 0.4) is 0 Å². The highest BCUT2D eigenvalue weighted by atomic mass is 16.3. The van der Waals surface area contributed by atoms with Crippen LogP contribution in [0.1, 0.15) is 24.7 Å². The van der Waals surface area contributed by atoms with Crippen molar-refractivity contribution in [3.63, 3.8) is 0 Å². The molecule has 3 aromatic rings. The minimum atomic E-state index is -0.579. The van der Waals surface area contributed by atoms with Crippen LogP contribution in [0.5, 0.6) is 0 Å². The van der Waals surface area contributed by atoms with Crippen LogP contribution < -0.4 is 0 Å². The number of nitrogens with zero attached hydrogens (tertiary/aromatic N) is 3. The summed E-state index contributed by atoms with van der Waals surface area (Å²) in [5, 5.41) is 9.60. The molecule has 3 rings (SSSR count). The van der Waals surface area contributed by atoms with Gasteiger partial charge in [0.25, 0.3) is 0 Å². The summed E-state index contributed by atoms with van der Waals surface area (Å²) in [6.07, 6.45) is 2.95. The van der Waals surface area contributed by atoms with Crippen molar-refractivity contribution >= 4 is 11.0 Å². The zero-order chi connectivity index (χ0) is 12.5. The first-order chi connectivity index (χ1) is 8.74. The number of nitrogens with one attached hydrogen (secondary N) is 1. The number of H-pyrrole nitrogens is 1. The SMILES string of the molecule is CC(O)c1nccn1Cc1nc2ccccc2[nH]1. The Morgan fingerprint density at radius 3 is 3.00 bits per heavy atom. The average molecular weight is 242 g/mol. The first-order valence-corrected chi connectivity index (χ1v) is 5.87. The lowest BCUT2D eigenvalue weighted by atomic mass is 10.3. The Balaban J connectivity index is 1.94. The maximum Gasteiger partial charge on any atom is 0.137 e. The molecule has 1 atom stereocenters. The Morgan fingerprint density at radius 2 is 2.22 bits per heavy atom. The number of aliphatic hydroxyl groups is 1. The summed E-state index contributed by atoms with van der Waals surface area (Å²) in [6.45, 7) is 2.28. The Hall–Kier alpha value is -2.14. The summed E-state index contributed by atoms with van der Waals surface area (Å²) in [5.41, 5.74) is 1.97. The van der Waals surface area contributed by atoms with Crippen LogP contribution in [-0.4, -0.2) is 24.6 Å². The van der Waals surface area contributed by atoms with Gasteiger partial charge in [-0.3, -0.25) is 0 Å². The highest BCUT2D eigenvalue weighted by molar-refractivity contribution is 5.74. The molecule has 0 fully saturated rings. The fourth-order valence-electron chi connectivity index (χ4n) is 2.06. The Labute approximate surface area is 104 Å². The van der Waals surface area contributed by atoms with E-state index in [4.69, 9.17) is 0 Å². The third-order valence-corrected chi connectivity index (χ3v) is 2.88. The number of aliphatic hydroxyl groups excluding tert-OH is 1. The molecule has 1 aromatic carbocycles. The molecule has 18 heavy (non-hydrogen) atoms. The minimum absolute atomic E-state index is 0.578. The normalized spacial score (nSPS) is 13.0. The number of rotatable bonds is 3. The van der Waals surface area contributed by atoms with Crippen LogP contribution >= 0.6 is 0 Å². The molecule has 2 N–H and O–H groups in total. The van der Waals surface area contributed by atoms with Crippen molar-refractivity contribution in [2.45, 2.75) is 19.6 Å². The molecule has 5 nitrogen and oxygen atoms in total. The third-order valence-electron chi connectivity index (χ3n) is 2.88. The van der Waals surface area contributed by atoms with E-state index in [2.05, 4.69) is 15.0 Å². The lowest BCUT2D eigenvalue weighted by molar-refractivity contribution is 0.184. The topological polar surface area (TPSA) is 66.7 Å². The molecule has 0 aliphatic heterocycles. The molecular formula is C13H14N4O. The monoisotopic (exact) mass is 242 g/mol. The van der Waals surface area contributed by atoms with Crippen LogP contribution in [0.2, 0.25) is 0 Å². The highest BCUT2D eigenvalue weighted by Crippen LogP contribution is 2.14. The van der Waals surface area contributed by atoms with E-state index in [9.17, 15) is 5.11 Å². The molecule has 2 aromatic heterocycles. The molecule has 0 aliphatic carbocycles. The van der Waals surface area contributed by atoms with E-state index in [0.717, 1.165) is 16.9 Å². The number of fused-ring (bicyclic) bond motifs is 1. The van der Waals surface area contributed by atoms with E-state index >= 15 is 0 Å². The van der Waals surface area contributed by atoms with Gasteiger partial charge in [-0.15, -0.1) is 0 Å². The number of hydrogen-bond donors (Lipinski definition) is 2. The molecule has 0 bridgehead atoms. The van der Waals surface area contributed by atoms with Gasteiger partial charge >= 0.3 is 0 Å². The van der Waals surface area contributed by atoms with Crippen LogP contribution in [0.4, 0.5) is 0 Å². The molecule has 0 saturated heterocycles. The molecule has 92 valence electrons. The Morgan fingerprint density at radius 1 is 1.39 bits per heavy atom. The van der Waals surface area contributed by atoms with Crippen molar-refractivity contribution in [1.29, 1.82) is 0 Å². The molecule has 0 spiro atoms. The molecule has 0 amide bonds. The van der Waals surface area contributed by atoms with Crippen LogP contribution in [0, 0.1) is 0 Å². The second kappa shape index (κ2) is 4.27. The first-order valence-electron chi connectivity index (χ1n) is 5.87. The van der Waals surface area contributed by atoms with Gasteiger partial charge in [-0.05, 0) is 19.1 Å². The zero-order valence-electron chi connectivity index (χ0n) is 10.0. The van der Waals surface area contributed by atoms with Crippen molar-refractivity contribution in [1.82, 2.24) is 19.5 Å². The second-order valence-electron chi connectivity index (χ2n) is 4.29. The van der Waals surface area contributed by atoms with Crippen molar-refractivity contribution in [3.8, 4) is 0 Å². The van der Waals surface area contributed by atoms with Crippen molar-refractivity contribution in [2.24, 2.45) is 0 Å². The second-order valence-corrected chi connectivity index (χ2v) is 4.29. The summed E-state index contributed by atoms with van der Waals surface area (Å²) < 4.78 is 1.89. The van der Waals surface area contributed by atoms with Gasteiger partial charge in [-0.1, -0.05) is 12.1 Å². The van der Waals surface area contributed by atoms with E-state index in [1.165, 1.54) is 0 Å². The lowest BCUT2D eigenvalue weighted by Gasteiger charge is -2.07. The standard InChI is InChI=1S/C13H14N4O/c1-9(18)13-14-6-7-17(13)8-12-15-10-4-2-3-5-11(10)16-12/h2-7,9,18H,8H2,1H3,(H,15,16). The Bertz CT molecular complexity index is 635. The first kappa shape index (κ1) is 11.0. The van der Waals surface area contributed by atoms with Crippen molar-refractivity contribution in [2.75, 3.05) is 0 Å². The van der Waals surface area contributed by atoms with Crippen LogP contribution in [0.15, 0.2) is 36.7 Å². The molecule has 0 aliphatic rings. The number of aromatic nitrogens is 4. The molecular weight excluding hydrogens is 228 g/mol. The number of imidazole rings is 2. The summed E-state index contributed by atoms with van der Waals surface area (Å²) in [6, 6.07) is 7.91. The van der Waals surface area contributed by atoms with Crippen molar-refractivity contribution < 1.29 is 5.11 Å². The molecule has 5 heteroatoms. The van der Waals surface area contributed by atoms with E-state index in [0.29, 0.717) is 12.4 Å². The maximum atomic E-state index is 9.60. The largest absolute Gasteiger partial charge is 0.385 e. The molecule has 1 unspecified atom stereocenters. The summed E-state index contributed by atoms with van der Waals surface area (Å²) in [5.74, 6) is 1.51. The van der Waals surface area contributed by atoms with Crippen molar-refractivity contribution in [3.05, 3.63) is 48.3 Å². The van der Waals surface area contributed by atoms with Gasteiger partial charge < -0.3 is 14.7 Å². The quantitative estimate of drug-likeness (QED) is 0.736. The van der Waals surface area contributed by atoms with E-state index < -0.39 is 6.10 Å². The molecule has 0 radical (unpaired) electrons. The fraction of sp³-hybridized carbons (Fsp3) is 0.231. The fourth-order valence-corrected chi connectivity index (χ4v) is 2.06. The summed E-state index contributed by atoms with van der Waals surface area (Å²) in [4.78, 5) is 11.9. The smallest absolute Gasteiger partial charge is 0.137 e. The summed E-state index contributed by atoms with van der Waals surface area (Å²) >= 11 is 0. The predicted molar refractivity (Wildman–Crippen MR) is 68.1 cm³/mol. The summed E-state index contributed by atoms with van der Waals surface area (Å²) in [7, 11) is 0. The maximum absolute atomic E-state index is 9.60. The van der Waals surface area contributed by atoms with Gasteiger partial charge in [0.15, 0.2) is 0 Å². The van der Waals surface area contributed by atoms with Gasteiger partial charge in [0.2, 0.25) is 0 Å². The number of aromatic amines is 1. The van der Waals surface area contributed by atoms with E-state index in [1.54, 1.807) is 13.1 Å². The number of hydrogen-bond acceptors (Lipinski definition) is 3. The molecule has 2 heterocycles. The number of benzene rings is 1. The Kier molecular flexibility index (Phi) is 2.60. The number of para-hydroxylation sites is 2. The third kappa shape index (κ3) is 1.89. The van der Waals surface area contributed by atoms with Crippen LogP contribution in [0.25, 0.3) is 11.0 Å². The molecule has 0 saturated carbocycles. The van der Waals surface area contributed by atoms with Crippen LogP contribution in [-0.2, 0) is 6.54 Å². The predicted octanol–water partition coefficient (Wildman–Crippen LogP) is 1.86. The minimum Gasteiger partial charge on any atom is -0.385 e. The van der Waals surface area contributed by atoms with E-state index in [1.807, 2.05) is 35.0 Å². The zero-order valence-corrected chi connectivity index (χ0v) is 10.0. The van der Waals surface area contributed by atoms with Gasteiger partial charge in [0, 0.05) is 12.4 Å². The van der Waals surface area contributed by atoms with E-state index in [-0.39, 0.29) is 0 Å².